The zero-order chi connectivity index (χ0) is 12.5. The van der Waals surface area contributed by atoms with Gasteiger partial charge in [0, 0.05) is 12.0 Å². The first kappa shape index (κ1) is 11.9. The van der Waals surface area contributed by atoms with E-state index < -0.39 is 10.1 Å². The van der Waals surface area contributed by atoms with E-state index in [-0.39, 0.29) is 4.90 Å². The predicted octanol–water partition coefficient (Wildman–Crippen LogP) is 2.76. The Morgan fingerprint density at radius 1 is 1.24 bits per heavy atom. The third-order valence-electron chi connectivity index (χ3n) is 2.43. The number of hydrogen-bond acceptors (Lipinski definition) is 3. The van der Waals surface area contributed by atoms with Crippen LogP contribution in [0.1, 0.15) is 12.7 Å². The van der Waals surface area contributed by atoms with Crippen LogP contribution in [0.15, 0.2) is 45.7 Å². The summed E-state index contributed by atoms with van der Waals surface area (Å²) in [4.78, 5) is -0.135. The van der Waals surface area contributed by atoms with Crippen molar-refractivity contribution in [2.45, 2.75) is 18.2 Å². The fourth-order valence-corrected chi connectivity index (χ4v) is 2.06. The SMILES string of the molecule is CCc1ccc(-c2cccc(S(=O)(=O)O)c2)o1. The molecule has 0 bridgehead atoms. The van der Waals surface area contributed by atoms with Crippen molar-refractivity contribution in [1.82, 2.24) is 0 Å². The minimum Gasteiger partial charge on any atom is -0.461 e. The van der Waals surface area contributed by atoms with Crippen LogP contribution in [0.2, 0.25) is 0 Å². The highest BCUT2D eigenvalue weighted by atomic mass is 32.2. The molecule has 0 aliphatic rings. The third kappa shape index (κ3) is 2.57. The molecule has 0 saturated heterocycles. The molecule has 0 atom stereocenters. The van der Waals surface area contributed by atoms with Gasteiger partial charge in [0.05, 0.1) is 4.90 Å². The molecule has 4 nitrogen and oxygen atoms in total. The largest absolute Gasteiger partial charge is 0.461 e. The van der Waals surface area contributed by atoms with E-state index in [0.717, 1.165) is 12.2 Å². The van der Waals surface area contributed by atoms with Gasteiger partial charge in [-0.15, -0.1) is 0 Å². The Labute approximate surface area is 99.6 Å². The molecule has 0 spiro atoms. The summed E-state index contributed by atoms with van der Waals surface area (Å²) in [5, 5.41) is 0. The number of hydrogen-bond donors (Lipinski definition) is 1. The van der Waals surface area contributed by atoms with Crippen molar-refractivity contribution in [1.29, 1.82) is 0 Å². The fourth-order valence-electron chi connectivity index (χ4n) is 1.53. The standard InChI is InChI=1S/C12H12O4S/c1-2-10-6-7-12(16-10)9-4-3-5-11(8-9)17(13,14)15/h3-8H,2H2,1H3,(H,13,14,15). The summed E-state index contributed by atoms with van der Waals surface area (Å²) in [6, 6.07) is 9.63. The molecule has 17 heavy (non-hydrogen) atoms. The van der Waals surface area contributed by atoms with E-state index in [0.29, 0.717) is 11.3 Å². The lowest BCUT2D eigenvalue weighted by Crippen LogP contribution is -1.97. The van der Waals surface area contributed by atoms with Crippen LogP contribution in [0.5, 0.6) is 0 Å². The molecule has 1 aromatic carbocycles. The summed E-state index contributed by atoms with van der Waals surface area (Å²) in [5.41, 5.74) is 0.625. The van der Waals surface area contributed by atoms with Gasteiger partial charge in [-0.2, -0.15) is 8.42 Å². The van der Waals surface area contributed by atoms with Gasteiger partial charge in [-0.3, -0.25) is 4.55 Å². The van der Waals surface area contributed by atoms with Crippen molar-refractivity contribution < 1.29 is 17.4 Å². The smallest absolute Gasteiger partial charge is 0.294 e. The second kappa shape index (κ2) is 4.35. The van der Waals surface area contributed by atoms with Crippen LogP contribution >= 0.6 is 0 Å². The first-order valence-electron chi connectivity index (χ1n) is 5.17. The Kier molecular flexibility index (Phi) is 3.04. The summed E-state index contributed by atoms with van der Waals surface area (Å²) in [7, 11) is -4.17. The molecule has 0 amide bonds. The van der Waals surface area contributed by atoms with Gasteiger partial charge in [0.1, 0.15) is 11.5 Å². The monoisotopic (exact) mass is 252 g/mol. The molecule has 1 N–H and O–H groups in total. The zero-order valence-corrected chi connectivity index (χ0v) is 10.1. The summed E-state index contributed by atoms with van der Waals surface area (Å²) < 4.78 is 36.5. The van der Waals surface area contributed by atoms with Crippen molar-refractivity contribution in [3.63, 3.8) is 0 Å². The molecular formula is C12H12O4S. The number of rotatable bonds is 3. The molecule has 2 rings (SSSR count). The molecule has 90 valence electrons. The van der Waals surface area contributed by atoms with Gasteiger partial charge >= 0.3 is 0 Å². The molecule has 2 aromatic rings. The average molecular weight is 252 g/mol. The lowest BCUT2D eigenvalue weighted by Gasteiger charge is -2.00. The quantitative estimate of drug-likeness (QED) is 0.853. The molecule has 1 aromatic heterocycles. The Morgan fingerprint density at radius 2 is 2.00 bits per heavy atom. The van der Waals surface area contributed by atoms with Crippen molar-refractivity contribution >= 4 is 10.1 Å². The van der Waals surface area contributed by atoms with Crippen LogP contribution in [-0.2, 0) is 16.5 Å². The van der Waals surface area contributed by atoms with E-state index in [4.69, 9.17) is 8.97 Å². The van der Waals surface area contributed by atoms with Crippen LogP contribution in [0.25, 0.3) is 11.3 Å². The van der Waals surface area contributed by atoms with E-state index >= 15 is 0 Å². The average Bonchev–Trinajstić information content (AvgIpc) is 2.76. The van der Waals surface area contributed by atoms with E-state index in [9.17, 15) is 8.42 Å². The lowest BCUT2D eigenvalue weighted by atomic mass is 10.2. The highest BCUT2D eigenvalue weighted by Crippen LogP contribution is 2.24. The van der Waals surface area contributed by atoms with Gasteiger partial charge in [0.2, 0.25) is 0 Å². The van der Waals surface area contributed by atoms with Crippen LogP contribution in [-0.4, -0.2) is 13.0 Å². The highest BCUT2D eigenvalue weighted by Gasteiger charge is 2.11. The van der Waals surface area contributed by atoms with Gasteiger partial charge < -0.3 is 4.42 Å². The maximum Gasteiger partial charge on any atom is 0.294 e. The molecule has 0 aliphatic heterocycles. The molecule has 0 unspecified atom stereocenters. The summed E-state index contributed by atoms with van der Waals surface area (Å²) in [5.74, 6) is 1.42. The minimum absolute atomic E-state index is 0.135. The Hall–Kier alpha value is -1.59. The second-order valence-corrected chi connectivity index (χ2v) is 5.04. The topological polar surface area (TPSA) is 67.5 Å². The van der Waals surface area contributed by atoms with Gasteiger partial charge in [-0.25, -0.2) is 0 Å². The van der Waals surface area contributed by atoms with Gasteiger partial charge in [-0.05, 0) is 24.3 Å². The molecule has 0 saturated carbocycles. The Bertz CT molecular complexity index is 625. The summed E-state index contributed by atoms with van der Waals surface area (Å²) in [6.07, 6.45) is 0.776. The molecular weight excluding hydrogens is 240 g/mol. The molecule has 0 fully saturated rings. The Morgan fingerprint density at radius 3 is 2.59 bits per heavy atom. The Balaban J connectivity index is 2.46. The molecule has 0 aliphatic carbocycles. The molecule has 5 heteroatoms. The van der Waals surface area contributed by atoms with Crippen molar-refractivity contribution in [2.24, 2.45) is 0 Å². The maximum absolute atomic E-state index is 11.0. The van der Waals surface area contributed by atoms with Crippen LogP contribution in [0, 0.1) is 0 Å². The maximum atomic E-state index is 11.0. The van der Waals surface area contributed by atoms with Crippen LogP contribution in [0.4, 0.5) is 0 Å². The van der Waals surface area contributed by atoms with Crippen LogP contribution < -0.4 is 0 Å². The zero-order valence-electron chi connectivity index (χ0n) is 9.25. The summed E-state index contributed by atoms with van der Waals surface area (Å²) in [6.45, 7) is 1.97. The first-order chi connectivity index (χ1) is 8.00. The second-order valence-electron chi connectivity index (χ2n) is 3.62. The van der Waals surface area contributed by atoms with Gasteiger partial charge in [-0.1, -0.05) is 19.1 Å². The van der Waals surface area contributed by atoms with Crippen molar-refractivity contribution in [3.05, 3.63) is 42.2 Å². The van der Waals surface area contributed by atoms with E-state index in [1.165, 1.54) is 12.1 Å². The van der Waals surface area contributed by atoms with Crippen molar-refractivity contribution in [3.8, 4) is 11.3 Å². The number of aryl methyl sites for hydroxylation is 1. The van der Waals surface area contributed by atoms with E-state index in [1.807, 2.05) is 13.0 Å². The number of furan rings is 1. The molecule has 1 heterocycles. The highest BCUT2D eigenvalue weighted by molar-refractivity contribution is 7.85. The predicted molar refractivity (Wildman–Crippen MR) is 63.3 cm³/mol. The van der Waals surface area contributed by atoms with E-state index in [1.54, 1.807) is 18.2 Å². The summed E-state index contributed by atoms with van der Waals surface area (Å²) >= 11 is 0. The first-order valence-corrected chi connectivity index (χ1v) is 6.61. The van der Waals surface area contributed by atoms with Crippen LogP contribution in [0.3, 0.4) is 0 Å². The van der Waals surface area contributed by atoms with E-state index in [2.05, 4.69) is 0 Å². The van der Waals surface area contributed by atoms with Gasteiger partial charge in [0.25, 0.3) is 10.1 Å². The van der Waals surface area contributed by atoms with Gasteiger partial charge in [0.15, 0.2) is 0 Å². The third-order valence-corrected chi connectivity index (χ3v) is 3.28. The number of benzene rings is 1. The fraction of sp³-hybridized carbons (Fsp3) is 0.167. The molecule has 0 radical (unpaired) electrons. The normalized spacial score (nSPS) is 11.6. The lowest BCUT2D eigenvalue weighted by molar-refractivity contribution is 0.483. The minimum atomic E-state index is -4.17. The van der Waals surface area contributed by atoms with Crippen molar-refractivity contribution in [2.75, 3.05) is 0 Å².